The Bertz CT molecular complexity index is 445. The van der Waals surface area contributed by atoms with E-state index >= 15 is 0 Å². The maximum absolute atomic E-state index is 11.5. The van der Waals surface area contributed by atoms with Crippen molar-refractivity contribution in [3.8, 4) is 0 Å². The number of carbonyl (C=O) groups excluding carboxylic acids is 1. The lowest BCUT2D eigenvalue weighted by Gasteiger charge is -2.10. The summed E-state index contributed by atoms with van der Waals surface area (Å²) < 4.78 is 5.13. The Morgan fingerprint density at radius 2 is 2.16 bits per heavy atom. The van der Waals surface area contributed by atoms with Gasteiger partial charge in [-0.2, -0.15) is 0 Å². The van der Waals surface area contributed by atoms with E-state index in [9.17, 15) is 9.59 Å². The number of carboxylic acid groups (broad SMARTS) is 1. The number of nitrogens with one attached hydrogen (secondary N) is 1. The number of aliphatic carboxylic acids is 1. The minimum atomic E-state index is -0.894. The van der Waals surface area contributed by atoms with E-state index in [0.29, 0.717) is 17.9 Å². The van der Waals surface area contributed by atoms with Crippen LogP contribution in [-0.2, 0) is 14.3 Å². The third kappa shape index (κ3) is 5.09. The fourth-order valence-electron chi connectivity index (χ4n) is 1.53. The molecule has 0 spiro atoms. The molecule has 0 saturated heterocycles. The molecule has 0 aliphatic rings. The minimum absolute atomic E-state index is 0.00650. The molecule has 5 nitrogen and oxygen atoms in total. The monoisotopic (exact) mass is 265 g/mol. The van der Waals surface area contributed by atoms with Crippen molar-refractivity contribution in [2.45, 2.75) is 26.2 Å². The molecule has 1 aromatic rings. The van der Waals surface area contributed by atoms with E-state index in [1.807, 2.05) is 6.92 Å². The first-order chi connectivity index (χ1) is 9.04. The number of benzene rings is 1. The van der Waals surface area contributed by atoms with Crippen molar-refractivity contribution in [3.63, 3.8) is 0 Å². The lowest BCUT2D eigenvalue weighted by molar-refractivity contribution is -0.138. The Morgan fingerprint density at radius 3 is 2.79 bits per heavy atom. The third-order valence-electron chi connectivity index (χ3n) is 2.62. The predicted octanol–water partition coefficient (Wildman–Crippen LogP) is 2.24. The van der Waals surface area contributed by atoms with E-state index in [0.717, 1.165) is 6.42 Å². The Labute approximate surface area is 112 Å². The van der Waals surface area contributed by atoms with Crippen molar-refractivity contribution < 1.29 is 19.4 Å². The fraction of sp³-hybridized carbons (Fsp3) is 0.429. The molecule has 0 heterocycles. The number of carboxylic acids is 1. The van der Waals surface area contributed by atoms with Crippen molar-refractivity contribution in [2.75, 3.05) is 18.5 Å². The highest BCUT2D eigenvalue weighted by atomic mass is 16.5. The van der Waals surface area contributed by atoms with E-state index in [2.05, 4.69) is 5.32 Å². The Morgan fingerprint density at radius 1 is 1.42 bits per heavy atom. The summed E-state index contributed by atoms with van der Waals surface area (Å²) in [6, 6.07) is 6.83. The summed E-state index contributed by atoms with van der Waals surface area (Å²) in [4.78, 5) is 22.5. The van der Waals surface area contributed by atoms with E-state index < -0.39 is 11.9 Å². The molecule has 0 fully saturated rings. The summed E-state index contributed by atoms with van der Waals surface area (Å²) in [6.45, 7) is 4.12. The molecule has 2 N–H and O–H groups in total. The van der Waals surface area contributed by atoms with Crippen LogP contribution in [0.25, 0.3) is 0 Å². The Hall–Kier alpha value is -1.88. The summed E-state index contributed by atoms with van der Waals surface area (Å²) >= 11 is 0. The number of carbonyl (C=O) groups is 2. The van der Waals surface area contributed by atoms with Gasteiger partial charge in [0.05, 0.1) is 5.92 Å². The van der Waals surface area contributed by atoms with Gasteiger partial charge >= 0.3 is 5.97 Å². The van der Waals surface area contributed by atoms with Crippen molar-refractivity contribution in [1.82, 2.24) is 0 Å². The molecule has 1 unspecified atom stereocenters. The van der Waals surface area contributed by atoms with Crippen LogP contribution in [-0.4, -0.2) is 30.2 Å². The van der Waals surface area contributed by atoms with Crippen LogP contribution in [0.1, 0.15) is 31.7 Å². The fourth-order valence-corrected chi connectivity index (χ4v) is 1.53. The van der Waals surface area contributed by atoms with Gasteiger partial charge in [0.2, 0.25) is 5.91 Å². The van der Waals surface area contributed by atoms with Crippen LogP contribution in [0, 0.1) is 0 Å². The second-order valence-corrected chi connectivity index (χ2v) is 4.29. The van der Waals surface area contributed by atoms with E-state index in [4.69, 9.17) is 9.84 Å². The number of hydrogen-bond acceptors (Lipinski definition) is 3. The molecule has 1 atom stereocenters. The first-order valence-corrected chi connectivity index (χ1v) is 6.25. The molecule has 0 aromatic heterocycles. The highest BCUT2D eigenvalue weighted by molar-refractivity contribution is 5.92. The van der Waals surface area contributed by atoms with E-state index in [1.54, 1.807) is 31.2 Å². The van der Waals surface area contributed by atoms with Crippen LogP contribution in [0.5, 0.6) is 0 Å². The number of hydrogen-bond donors (Lipinski definition) is 2. The second kappa shape index (κ2) is 7.53. The zero-order valence-electron chi connectivity index (χ0n) is 11.2. The molecule has 1 rings (SSSR count). The maximum Gasteiger partial charge on any atom is 0.310 e. The van der Waals surface area contributed by atoms with Crippen LogP contribution < -0.4 is 5.32 Å². The quantitative estimate of drug-likeness (QED) is 0.741. The van der Waals surface area contributed by atoms with Gasteiger partial charge in [-0.1, -0.05) is 19.1 Å². The van der Waals surface area contributed by atoms with Crippen molar-refractivity contribution in [1.29, 1.82) is 0 Å². The van der Waals surface area contributed by atoms with Crippen molar-refractivity contribution in [2.24, 2.45) is 0 Å². The van der Waals surface area contributed by atoms with Crippen LogP contribution >= 0.6 is 0 Å². The molecule has 1 amide bonds. The SMILES string of the molecule is CCCOCC(=O)Nc1cccc(C(C)C(=O)O)c1. The molecular weight excluding hydrogens is 246 g/mol. The standard InChI is InChI=1S/C14H19NO4/c1-3-7-19-9-13(16)15-12-6-4-5-11(8-12)10(2)14(17)18/h4-6,8,10H,3,7,9H2,1-2H3,(H,15,16)(H,17,18). The summed E-state index contributed by atoms with van der Waals surface area (Å²) in [5.41, 5.74) is 1.23. The summed E-state index contributed by atoms with van der Waals surface area (Å²) in [6.07, 6.45) is 0.860. The van der Waals surface area contributed by atoms with Crippen LogP contribution in [0.2, 0.25) is 0 Å². The molecule has 19 heavy (non-hydrogen) atoms. The summed E-state index contributed by atoms with van der Waals surface area (Å²) in [5.74, 6) is -1.74. The highest BCUT2D eigenvalue weighted by Gasteiger charge is 2.14. The molecule has 1 aromatic carbocycles. The molecule has 0 radical (unpaired) electrons. The largest absolute Gasteiger partial charge is 0.481 e. The number of amides is 1. The lowest BCUT2D eigenvalue weighted by Crippen LogP contribution is -2.18. The summed E-state index contributed by atoms with van der Waals surface area (Å²) in [7, 11) is 0. The van der Waals surface area contributed by atoms with Gasteiger partial charge in [0, 0.05) is 12.3 Å². The Kier molecular flexibility index (Phi) is 6.02. The Balaban J connectivity index is 2.62. The minimum Gasteiger partial charge on any atom is -0.481 e. The van der Waals surface area contributed by atoms with Gasteiger partial charge in [-0.15, -0.1) is 0 Å². The van der Waals surface area contributed by atoms with Crippen LogP contribution in [0.15, 0.2) is 24.3 Å². The first kappa shape index (κ1) is 15.2. The molecule has 104 valence electrons. The second-order valence-electron chi connectivity index (χ2n) is 4.29. The molecule has 0 aliphatic heterocycles. The lowest BCUT2D eigenvalue weighted by atomic mass is 10.0. The van der Waals surface area contributed by atoms with Gasteiger partial charge in [-0.3, -0.25) is 9.59 Å². The van der Waals surface area contributed by atoms with Crippen molar-refractivity contribution in [3.05, 3.63) is 29.8 Å². The topological polar surface area (TPSA) is 75.6 Å². The van der Waals surface area contributed by atoms with Crippen LogP contribution in [0.4, 0.5) is 5.69 Å². The van der Waals surface area contributed by atoms with Gasteiger partial charge in [-0.25, -0.2) is 0 Å². The average molecular weight is 265 g/mol. The zero-order chi connectivity index (χ0) is 14.3. The van der Waals surface area contributed by atoms with Gasteiger partial charge < -0.3 is 15.2 Å². The van der Waals surface area contributed by atoms with Gasteiger partial charge in [0.25, 0.3) is 0 Å². The summed E-state index contributed by atoms with van der Waals surface area (Å²) in [5, 5.41) is 11.6. The van der Waals surface area contributed by atoms with E-state index in [1.165, 1.54) is 0 Å². The first-order valence-electron chi connectivity index (χ1n) is 6.25. The van der Waals surface area contributed by atoms with Gasteiger partial charge in [0.15, 0.2) is 0 Å². The molecular formula is C14H19NO4. The van der Waals surface area contributed by atoms with Gasteiger partial charge in [0.1, 0.15) is 6.61 Å². The number of ether oxygens (including phenoxy) is 1. The number of rotatable bonds is 7. The maximum atomic E-state index is 11.5. The molecule has 0 saturated carbocycles. The third-order valence-corrected chi connectivity index (χ3v) is 2.62. The molecule has 0 aliphatic carbocycles. The number of anilines is 1. The normalized spacial score (nSPS) is 11.9. The van der Waals surface area contributed by atoms with Gasteiger partial charge in [-0.05, 0) is 31.0 Å². The highest BCUT2D eigenvalue weighted by Crippen LogP contribution is 2.19. The smallest absolute Gasteiger partial charge is 0.310 e. The van der Waals surface area contributed by atoms with E-state index in [-0.39, 0.29) is 12.5 Å². The molecule has 5 heteroatoms. The predicted molar refractivity (Wildman–Crippen MR) is 72.2 cm³/mol. The van der Waals surface area contributed by atoms with Crippen LogP contribution in [0.3, 0.4) is 0 Å². The zero-order valence-corrected chi connectivity index (χ0v) is 11.2. The average Bonchev–Trinajstić information content (AvgIpc) is 2.38. The van der Waals surface area contributed by atoms with Crippen molar-refractivity contribution >= 4 is 17.6 Å². The molecule has 0 bridgehead atoms.